The number of amides is 1. The predicted octanol–water partition coefficient (Wildman–Crippen LogP) is 3.45. The van der Waals surface area contributed by atoms with Gasteiger partial charge in [-0.3, -0.25) is 4.79 Å². The van der Waals surface area contributed by atoms with Crippen LogP contribution in [0.25, 0.3) is 0 Å². The van der Waals surface area contributed by atoms with Crippen molar-refractivity contribution in [3.05, 3.63) is 63.4 Å². The Bertz CT molecular complexity index is 685. The van der Waals surface area contributed by atoms with E-state index in [-0.39, 0.29) is 11.7 Å². The minimum Gasteiger partial charge on any atom is -0.493 e. The summed E-state index contributed by atoms with van der Waals surface area (Å²) in [5.74, 6) is 0.268. The minimum absolute atomic E-state index is 0.235. The van der Waals surface area contributed by atoms with Gasteiger partial charge < -0.3 is 10.1 Å². The normalized spacial score (nSPS) is 12.7. The average Bonchev–Trinajstić information content (AvgIpc) is 2.93. The van der Waals surface area contributed by atoms with Gasteiger partial charge in [0.25, 0.3) is 5.91 Å². The molecule has 1 amide bonds. The molecule has 3 rings (SSSR count). The van der Waals surface area contributed by atoms with Crippen LogP contribution in [-0.2, 0) is 13.0 Å². The molecule has 0 saturated carbocycles. The van der Waals surface area contributed by atoms with Crippen molar-refractivity contribution in [1.29, 1.82) is 0 Å². The molecule has 1 N–H and O–H groups in total. The maximum Gasteiger partial charge on any atom is 0.251 e. The Morgan fingerprint density at radius 2 is 2.05 bits per heavy atom. The smallest absolute Gasteiger partial charge is 0.251 e. The highest BCUT2D eigenvalue weighted by Gasteiger charge is 2.18. The van der Waals surface area contributed by atoms with E-state index in [1.807, 2.05) is 12.1 Å². The predicted molar refractivity (Wildman–Crippen MR) is 80.9 cm³/mol. The average molecular weight is 350 g/mol. The lowest BCUT2D eigenvalue weighted by Gasteiger charge is -2.10. The van der Waals surface area contributed by atoms with E-state index >= 15 is 0 Å². The molecular weight excluding hydrogens is 337 g/mol. The summed E-state index contributed by atoms with van der Waals surface area (Å²) in [6, 6.07) is 9.45. The van der Waals surface area contributed by atoms with Crippen molar-refractivity contribution in [2.24, 2.45) is 0 Å². The first-order valence-corrected chi connectivity index (χ1v) is 7.40. The molecule has 2 aromatic carbocycles. The molecule has 0 radical (unpaired) electrons. The standard InChI is InChI=1S/C16H13BrFNO2/c17-13-7-11-5-6-21-15(11)12(8-13)9-19-16(20)10-1-3-14(18)4-2-10/h1-4,7-8H,5-6,9H2,(H,19,20). The van der Waals surface area contributed by atoms with Gasteiger partial charge in [0.1, 0.15) is 11.6 Å². The number of nitrogens with one attached hydrogen (secondary N) is 1. The van der Waals surface area contributed by atoms with Crippen molar-refractivity contribution >= 4 is 21.8 Å². The van der Waals surface area contributed by atoms with Gasteiger partial charge in [-0.2, -0.15) is 0 Å². The van der Waals surface area contributed by atoms with Crippen molar-refractivity contribution in [2.75, 3.05) is 6.61 Å². The summed E-state index contributed by atoms with van der Waals surface area (Å²) in [5, 5.41) is 2.83. The zero-order valence-electron chi connectivity index (χ0n) is 11.2. The molecule has 0 aliphatic carbocycles. The Morgan fingerprint density at radius 1 is 1.29 bits per heavy atom. The lowest BCUT2D eigenvalue weighted by atomic mass is 10.1. The third-order valence-electron chi connectivity index (χ3n) is 3.37. The second-order valence-electron chi connectivity index (χ2n) is 4.84. The molecule has 108 valence electrons. The Kier molecular flexibility index (Phi) is 3.92. The van der Waals surface area contributed by atoms with Crippen LogP contribution < -0.4 is 10.1 Å². The van der Waals surface area contributed by atoms with Gasteiger partial charge in [-0.1, -0.05) is 15.9 Å². The first-order chi connectivity index (χ1) is 10.1. The topological polar surface area (TPSA) is 38.3 Å². The molecule has 1 heterocycles. The highest BCUT2D eigenvalue weighted by Crippen LogP contribution is 2.32. The third kappa shape index (κ3) is 3.08. The number of ether oxygens (including phenoxy) is 1. The Hall–Kier alpha value is -1.88. The molecule has 21 heavy (non-hydrogen) atoms. The number of rotatable bonds is 3. The highest BCUT2D eigenvalue weighted by molar-refractivity contribution is 9.10. The quantitative estimate of drug-likeness (QED) is 0.921. The van der Waals surface area contributed by atoms with Crippen LogP contribution in [0, 0.1) is 5.82 Å². The number of hydrogen-bond acceptors (Lipinski definition) is 2. The molecule has 2 aromatic rings. The van der Waals surface area contributed by atoms with E-state index < -0.39 is 0 Å². The molecule has 0 spiro atoms. The van der Waals surface area contributed by atoms with Crippen LogP contribution >= 0.6 is 15.9 Å². The molecule has 0 aromatic heterocycles. The fourth-order valence-electron chi connectivity index (χ4n) is 2.36. The lowest BCUT2D eigenvalue weighted by molar-refractivity contribution is 0.0950. The van der Waals surface area contributed by atoms with Gasteiger partial charge in [0, 0.05) is 28.6 Å². The molecule has 0 saturated heterocycles. The van der Waals surface area contributed by atoms with Crippen molar-refractivity contribution in [2.45, 2.75) is 13.0 Å². The molecule has 3 nitrogen and oxygen atoms in total. The number of fused-ring (bicyclic) bond motifs is 1. The maximum atomic E-state index is 12.8. The molecule has 0 bridgehead atoms. The van der Waals surface area contributed by atoms with E-state index in [1.165, 1.54) is 24.3 Å². The fourth-order valence-corrected chi connectivity index (χ4v) is 2.91. The Morgan fingerprint density at radius 3 is 2.81 bits per heavy atom. The van der Waals surface area contributed by atoms with E-state index in [0.29, 0.717) is 18.7 Å². The Balaban J connectivity index is 1.73. The van der Waals surface area contributed by atoms with E-state index in [1.54, 1.807) is 0 Å². The number of carbonyl (C=O) groups excluding carboxylic acids is 1. The largest absolute Gasteiger partial charge is 0.493 e. The van der Waals surface area contributed by atoms with Gasteiger partial charge in [0.2, 0.25) is 0 Å². The fraction of sp³-hybridized carbons (Fsp3) is 0.188. The zero-order valence-corrected chi connectivity index (χ0v) is 12.7. The first kappa shape index (κ1) is 14.1. The first-order valence-electron chi connectivity index (χ1n) is 6.61. The second-order valence-corrected chi connectivity index (χ2v) is 5.76. The van der Waals surface area contributed by atoms with Gasteiger partial charge in [0.15, 0.2) is 0 Å². The van der Waals surface area contributed by atoms with Crippen LogP contribution in [0.1, 0.15) is 21.5 Å². The highest BCUT2D eigenvalue weighted by atomic mass is 79.9. The van der Waals surface area contributed by atoms with Crippen LogP contribution in [-0.4, -0.2) is 12.5 Å². The summed E-state index contributed by atoms with van der Waals surface area (Å²) in [7, 11) is 0. The lowest BCUT2D eigenvalue weighted by Crippen LogP contribution is -2.23. The maximum absolute atomic E-state index is 12.8. The number of halogens is 2. The molecule has 5 heteroatoms. The van der Waals surface area contributed by atoms with Crippen molar-refractivity contribution in [3.8, 4) is 5.75 Å². The van der Waals surface area contributed by atoms with Crippen LogP contribution in [0.3, 0.4) is 0 Å². The number of carbonyl (C=O) groups is 1. The van der Waals surface area contributed by atoms with Crippen LogP contribution in [0.5, 0.6) is 5.75 Å². The molecular formula is C16H13BrFNO2. The summed E-state index contributed by atoms with van der Waals surface area (Å²) in [4.78, 5) is 12.0. The van der Waals surface area contributed by atoms with E-state index in [2.05, 4.69) is 21.2 Å². The molecule has 0 atom stereocenters. The van der Waals surface area contributed by atoms with E-state index in [4.69, 9.17) is 4.74 Å². The summed E-state index contributed by atoms with van der Waals surface area (Å²) < 4.78 is 19.4. The van der Waals surface area contributed by atoms with Gasteiger partial charge in [-0.25, -0.2) is 4.39 Å². The third-order valence-corrected chi connectivity index (χ3v) is 3.83. The summed E-state index contributed by atoms with van der Waals surface area (Å²) >= 11 is 3.47. The zero-order chi connectivity index (χ0) is 14.8. The number of hydrogen-bond donors (Lipinski definition) is 1. The van der Waals surface area contributed by atoms with Crippen LogP contribution in [0.2, 0.25) is 0 Å². The van der Waals surface area contributed by atoms with Crippen LogP contribution in [0.4, 0.5) is 4.39 Å². The van der Waals surface area contributed by atoms with E-state index in [9.17, 15) is 9.18 Å². The van der Waals surface area contributed by atoms with Gasteiger partial charge in [-0.05, 0) is 42.0 Å². The van der Waals surface area contributed by atoms with Crippen molar-refractivity contribution in [3.63, 3.8) is 0 Å². The number of benzene rings is 2. The molecule has 0 fully saturated rings. The van der Waals surface area contributed by atoms with E-state index in [0.717, 1.165) is 27.8 Å². The van der Waals surface area contributed by atoms with Gasteiger partial charge in [-0.15, -0.1) is 0 Å². The minimum atomic E-state index is -0.357. The van der Waals surface area contributed by atoms with Crippen LogP contribution in [0.15, 0.2) is 40.9 Å². The summed E-state index contributed by atoms with van der Waals surface area (Å²) in [6.07, 6.45) is 0.883. The van der Waals surface area contributed by atoms with Gasteiger partial charge >= 0.3 is 0 Å². The molecule has 1 aliphatic heterocycles. The SMILES string of the molecule is O=C(NCc1cc(Br)cc2c1OCC2)c1ccc(F)cc1. The molecule has 1 aliphatic rings. The second kappa shape index (κ2) is 5.85. The monoisotopic (exact) mass is 349 g/mol. The summed E-state index contributed by atoms with van der Waals surface area (Å²) in [6.45, 7) is 1.04. The Labute approximate surface area is 130 Å². The van der Waals surface area contributed by atoms with Crippen molar-refractivity contribution in [1.82, 2.24) is 5.32 Å². The molecule has 0 unspecified atom stereocenters. The van der Waals surface area contributed by atoms with Crippen molar-refractivity contribution < 1.29 is 13.9 Å². The van der Waals surface area contributed by atoms with Gasteiger partial charge in [0.05, 0.1) is 6.61 Å². The summed E-state index contributed by atoms with van der Waals surface area (Å²) in [5.41, 5.74) is 2.52.